The van der Waals surface area contributed by atoms with Gasteiger partial charge in [0.15, 0.2) is 0 Å². The Hall–Kier alpha value is -1.79. The number of nitriles is 1. The summed E-state index contributed by atoms with van der Waals surface area (Å²) in [6.07, 6.45) is 1.73. The molecule has 3 heteroatoms. The summed E-state index contributed by atoms with van der Waals surface area (Å²) in [5.41, 5.74) is 2.26. The van der Waals surface area contributed by atoms with Gasteiger partial charge in [-0.15, -0.1) is 0 Å². The highest BCUT2D eigenvalue weighted by molar-refractivity contribution is 5.88. The fraction of sp³-hybridized carbons (Fsp3) is 0.100. The highest BCUT2D eigenvalue weighted by Gasteiger charge is 2.06. The van der Waals surface area contributed by atoms with Crippen molar-refractivity contribution in [1.82, 2.24) is 4.98 Å². The van der Waals surface area contributed by atoms with Gasteiger partial charge in [-0.1, -0.05) is 6.07 Å². The molecule has 2 N–H and O–H groups in total. The zero-order valence-corrected chi connectivity index (χ0v) is 6.91. The first-order valence-corrected chi connectivity index (χ1v) is 3.96. The molecule has 0 saturated heterocycles. The van der Waals surface area contributed by atoms with Crippen LogP contribution in [0, 0.1) is 11.3 Å². The molecule has 0 atom stereocenters. The summed E-state index contributed by atoms with van der Waals surface area (Å²) in [5, 5.41) is 18.7. The van der Waals surface area contributed by atoms with Crippen LogP contribution in [0.2, 0.25) is 0 Å². The molecule has 0 unspecified atom stereocenters. The van der Waals surface area contributed by atoms with Crippen LogP contribution in [0.1, 0.15) is 11.1 Å². The molecule has 3 nitrogen and oxygen atoms in total. The van der Waals surface area contributed by atoms with Gasteiger partial charge in [0.2, 0.25) is 0 Å². The number of benzene rings is 1. The topological polar surface area (TPSA) is 59.8 Å². The second-order valence-electron chi connectivity index (χ2n) is 2.81. The van der Waals surface area contributed by atoms with Gasteiger partial charge in [-0.05, 0) is 12.1 Å². The second kappa shape index (κ2) is 2.92. The number of nitrogens with zero attached hydrogens (tertiary/aromatic N) is 1. The molecule has 0 spiro atoms. The van der Waals surface area contributed by atoms with Gasteiger partial charge in [-0.25, -0.2) is 0 Å². The first kappa shape index (κ1) is 7.84. The Morgan fingerprint density at radius 1 is 1.46 bits per heavy atom. The fourth-order valence-electron chi connectivity index (χ4n) is 1.47. The maximum absolute atomic E-state index is 9.02. The Kier molecular flexibility index (Phi) is 1.76. The summed E-state index contributed by atoms with van der Waals surface area (Å²) in [7, 11) is 0. The molecule has 2 aromatic rings. The lowest BCUT2D eigenvalue weighted by Crippen LogP contribution is -1.82. The van der Waals surface area contributed by atoms with E-state index >= 15 is 0 Å². The Bertz CT molecular complexity index is 479. The van der Waals surface area contributed by atoms with E-state index in [4.69, 9.17) is 10.4 Å². The molecule has 13 heavy (non-hydrogen) atoms. The minimum Gasteiger partial charge on any atom is -0.392 e. The minimum atomic E-state index is -0.0430. The number of hydrogen-bond donors (Lipinski definition) is 2. The number of aromatic nitrogens is 1. The van der Waals surface area contributed by atoms with E-state index in [1.54, 1.807) is 12.3 Å². The first-order valence-electron chi connectivity index (χ1n) is 3.96. The quantitative estimate of drug-likeness (QED) is 0.685. The van der Waals surface area contributed by atoms with E-state index in [-0.39, 0.29) is 6.61 Å². The molecule has 64 valence electrons. The van der Waals surface area contributed by atoms with Crippen molar-refractivity contribution in [2.45, 2.75) is 6.61 Å². The molecule has 0 radical (unpaired) electrons. The molecule has 0 bridgehead atoms. The third-order valence-corrected chi connectivity index (χ3v) is 2.08. The minimum absolute atomic E-state index is 0.0430. The van der Waals surface area contributed by atoms with Crippen molar-refractivity contribution < 1.29 is 5.11 Å². The molecule has 0 aliphatic heterocycles. The lowest BCUT2D eigenvalue weighted by atomic mass is 10.1. The van der Waals surface area contributed by atoms with E-state index < -0.39 is 0 Å². The molecule has 1 aromatic heterocycles. The lowest BCUT2D eigenvalue weighted by Gasteiger charge is -1.95. The van der Waals surface area contributed by atoms with Crippen LogP contribution in [0.4, 0.5) is 0 Å². The maximum Gasteiger partial charge on any atom is 0.0998 e. The molecule has 0 aliphatic rings. The number of aliphatic hydroxyl groups is 1. The van der Waals surface area contributed by atoms with Gasteiger partial charge < -0.3 is 10.1 Å². The molecule has 1 aromatic carbocycles. The molecular formula is C10H8N2O. The summed E-state index contributed by atoms with van der Waals surface area (Å²) >= 11 is 0. The number of H-pyrrole nitrogens is 1. The van der Waals surface area contributed by atoms with Crippen LogP contribution in [-0.2, 0) is 6.61 Å². The molecular weight excluding hydrogens is 164 g/mol. The van der Waals surface area contributed by atoms with E-state index in [0.717, 1.165) is 16.5 Å². The highest BCUT2D eigenvalue weighted by atomic mass is 16.3. The normalized spacial score (nSPS) is 10.2. The number of aliphatic hydroxyl groups excluding tert-OH is 1. The van der Waals surface area contributed by atoms with Crippen molar-refractivity contribution in [2.75, 3.05) is 0 Å². The van der Waals surface area contributed by atoms with Crippen LogP contribution in [-0.4, -0.2) is 10.1 Å². The number of nitrogens with one attached hydrogen (secondary N) is 1. The average molecular weight is 172 g/mol. The monoisotopic (exact) mass is 172 g/mol. The van der Waals surface area contributed by atoms with Crippen molar-refractivity contribution in [3.63, 3.8) is 0 Å². The molecule has 2 rings (SSSR count). The summed E-state index contributed by atoms with van der Waals surface area (Å²) < 4.78 is 0. The highest BCUT2D eigenvalue weighted by Crippen LogP contribution is 2.21. The van der Waals surface area contributed by atoms with E-state index in [2.05, 4.69) is 11.1 Å². The zero-order valence-electron chi connectivity index (χ0n) is 6.91. The largest absolute Gasteiger partial charge is 0.392 e. The van der Waals surface area contributed by atoms with Gasteiger partial charge in [0.25, 0.3) is 0 Å². The maximum atomic E-state index is 9.02. The molecule has 0 amide bonds. The zero-order chi connectivity index (χ0) is 9.26. The van der Waals surface area contributed by atoms with Crippen LogP contribution in [0.25, 0.3) is 10.9 Å². The Morgan fingerprint density at radius 3 is 3.00 bits per heavy atom. The van der Waals surface area contributed by atoms with Gasteiger partial charge in [-0.2, -0.15) is 5.26 Å². The standard InChI is InChI=1S/C10H8N2O/c11-4-7-2-1-3-9-10(7)8(6-13)5-12-9/h1-3,5,12-13H,6H2. The van der Waals surface area contributed by atoms with Gasteiger partial charge in [0.1, 0.15) is 0 Å². The molecule has 1 heterocycles. The summed E-state index contributed by atoms with van der Waals surface area (Å²) in [4.78, 5) is 3.00. The van der Waals surface area contributed by atoms with E-state index in [1.165, 1.54) is 0 Å². The second-order valence-corrected chi connectivity index (χ2v) is 2.81. The third-order valence-electron chi connectivity index (χ3n) is 2.08. The fourth-order valence-corrected chi connectivity index (χ4v) is 1.47. The van der Waals surface area contributed by atoms with Crippen LogP contribution < -0.4 is 0 Å². The molecule has 0 saturated carbocycles. The molecule has 0 aliphatic carbocycles. The Balaban J connectivity index is 2.85. The Morgan fingerprint density at radius 2 is 2.31 bits per heavy atom. The van der Waals surface area contributed by atoms with Crippen molar-refractivity contribution in [1.29, 1.82) is 5.26 Å². The van der Waals surface area contributed by atoms with Gasteiger partial charge in [-0.3, -0.25) is 0 Å². The summed E-state index contributed by atoms with van der Waals surface area (Å²) in [6.45, 7) is -0.0430. The smallest absolute Gasteiger partial charge is 0.0998 e. The first-order chi connectivity index (χ1) is 6.36. The van der Waals surface area contributed by atoms with Crippen LogP contribution >= 0.6 is 0 Å². The van der Waals surface area contributed by atoms with Crippen molar-refractivity contribution in [2.24, 2.45) is 0 Å². The Labute approximate surface area is 75.2 Å². The third kappa shape index (κ3) is 1.08. The van der Waals surface area contributed by atoms with Crippen molar-refractivity contribution in [3.8, 4) is 6.07 Å². The van der Waals surface area contributed by atoms with Gasteiger partial charge in [0, 0.05) is 22.7 Å². The predicted octanol–water partition coefficient (Wildman–Crippen LogP) is 1.53. The summed E-state index contributed by atoms with van der Waals surface area (Å²) in [6, 6.07) is 7.55. The molecule has 0 fully saturated rings. The number of rotatable bonds is 1. The van der Waals surface area contributed by atoms with E-state index in [1.807, 2.05) is 12.1 Å². The van der Waals surface area contributed by atoms with Gasteiger partial charge >= 0.3 is 0 Å². The number of hydrogen-bond acceptors (Lipinski definition) is 2. The SMILES string of the molecule is N#Cc1cccc2[nH]cc(CO)c12. The number of aromatic amines is 1. The summed E-state index contributed by atoms with van der Waals surface area (Å²) in [5.74, 6) is 0. The average Bonchev–Trinajstić information content (AvgIpc) is 2.60. The van der Waals surface area contributed by atoms with Crippen molar-refractivity contribution in [3.05, 3.63) is 35.5 Å². The lowest BCUT2D eigenvalue weighted by molar-refractivity contribution is 0.283. The van der Waals surface area contributed by atoms with Gasteiger partial charge in [0.05, 0.1) is 18.2 Å². The van der Waals surface area contributed by atoms with Crippen LogP contribution in [0.15, 0.2) is 24.4 Å². The van der Waals surface area contributed by atoms with E-state index in [9.17, 15) is 0 Å². The van der Waals surface area contributed by atoms with E-state index in [0.29, 0.717) is 5.56 Å². The number of fused-ring (bicyclic) bond motifs is 1. The van der Waals surface area contributed by atoms with Crippen LogP contribution in [0.3, 0.4) is 0 Å². The van der Waals surface area contributed by atoms with Crippen LogP contribution in [0.5, 0.6) is 0 Å². The predicted molar refractivity (Wildman–Crippen MR) is 48.9 cm³/mol. The van der Waals surface area contributed by atoms with Crippen molar-refractivity contribution >= 4 is 10.9 Å².